The smallest absolute Gasteiger partial charge is 0.267 e. The van der Waals surface area contributed by atoms with Gasteiger partial charge in [0.05, 0.1) is 50.5 Å². The molecule has 14 heteroatoms. The van der Waals surface area contributed by atoms with Crippen molar-refractivity contribution in [3.05, 3.63) is 0 Å². The molecule has 0 aliphatic carbocycles. The molecule has 0 aromatic heterocycles. The molecule has 12 nitrogen and oxygen atoms in total. The van der Waals surface area contributed by atoms with Crippen LogP contribution in [0.15, 0.2) is 0 Å². The molecule has 0 bridgehead atoms. The third kappa shape index (κ3) is 22.2. The molecule has 4 aliphatic heterocycles. The lowest BCUT2D eigenvalue weighted by molar-refractivity contribution is -0.977. The third-order valence-electron chi connectivity index (χ3n) is 10.6. The lowest BCUT2D eigenvalue weighted by Crippen LogP contribution is -2.70. The summed E-state index contributed by atoms with van der Waals surface area (Å²) in [5, 5.41) is 33.3. The van der Waals surface area contributed by atoms with Gasteiger partial charge in [0.1, 0.15) is 0 Å². The first-order chi connectivity index (χ1) is 24.4. The van der Waals surface area contributed by atoms with E-state index in [-0.39, 0.29) is 5.75 Å². The van der Waals surface area contributed by atoms with Crippen LogP contribution in [0, 0.1) is 0 Å². The van der Waals surface area contributed by atoms with E-state index < -0.39 is 10.1 Å². The van der Waals surface area contributed by atoms with Gasteiger partial charge in [0.2, 0.25) is 0 Å². The first kappa shape index (κ1) is 46.1. The second kappa shape index (κ2) is 30.3. The minimum Gasteiger partial charge on any atom is -0.396 e. The van der Waals surface area contributed by atoms with Crippen LogP contribution in [-0.2, 0) is 23.7 Å². The number of rotatable bonds is 25. The monoisotopic (exact) mass is 756 g/mol. The minimum atomic E-state index is -3.05. The number of hydrogen-bond acceptors (Lipinski definition) is 12. The minimum absolute atomic E-state index is 0.201. The predicted molar refractivity (Wildman–Crippen MR) is 203 cm³/mol. The van der Waals surface area contributed by atoms with Gasteiger partial charge in [-0.1, -0.05) is 94.9 Å². The summed E-state index contributed by atoms with van der Waals surface area (Å²) < 4.78 is 30.5. The van der Waals surface area contributed by atoms with Crippen molar-refractivity contribution < 1.29 is 41.9 Å². The Hall–Kier alpha value is -0.100. The fraction of sp³-hybridized carbons (Fsp3) is 1.00. The largest absolute Gasteiger partial charge is 0.396 e. The molecule has 4 fully saturated rings. The third-order valence-corrected chi connectivity index (χ3v) is 13.0. The second-order valence-electron chi connectivity index (χ2n) is 14.6. The number of nitrogens with zero attached hydrogens (tertiary/aromatic N) is 3. The molecule has 4 saturated heterocycles. The van der Waals surface area contributed by atoms with Gasteiger partial charge in [-0.05, 0) is 45.2 Å². The molecule has 0 amide bonds. The van der Waals surface area contributed by atoms with E-state index in [2.05, 4.69) is 28.7 Å². The van der Waals surface area contributed by atoms with E-state index in [1.165, 1.54) is 187 Å². The highest BCUT2D eigenvalue weighted by atomic mass is 32.2. The summed E-state index contributed by atoms with van der Waals surface area (Å²) in [7, 11) is -3.05. The van der Waals surface area contributed by atoms with Crippen LogP contribution in [0.25, 0.3) is 0 Å². The van der Waals surface area contributed by atoms with Gasteiger partial charge in [0.15, 0.2) is 5.37 Å². The zero-order valence-corrected chi connectivity index (χ0v) is 33.0. The molecular formula is C36H75N4O8S2+. The maximum Gasteiger partial charge on any atom is 0.267 e. The van der Waals surface area contributed by atoms with Gasteiger partial charge in [0, 0.05) is 52.5 Å². The number of aliphatic hydroxyl groups is 2. The van der Waals surface area contributed by atoms with Crippen LogP contribution in [0.2, 0.25) is 0 Å². The zero-order chi connectivity index (χ0) is 36.0. The Morgan fingerprint density at radius 3 is 1.50 bits per heavy atom. The van der Waals surface area contributed by atoms with E-state index >= 15 is 0 Å². The lowest BCUT2D eigenvalue weighted by Gasteiger charge is -2.54. The number of aliphatic hydroxyl groups excluding tert-OH is 2. The Labute approximate surface area is 309 Å². The molecule has 298 valence electrons. The van der Waals surface area contributed by atoms with Gasteiger partial charge in [0.25, 0.3) is 10.1 Å². The van der Waals surface area contributed by atoms with Gasteiger partial charge in [-0.15, -0.1) is 4.33 Å². The van der Waals surface area contributed by atoms with Crippen LogP contribution < -0.4 is 5.32 Å². The molecule has 1 unspecified atom stereocenters. The highest BCUT2D eigenvalue weighted by Gasteiger charge is 2.49. The highest BCUT2D eigenvalue weighted by molar-refractivity contribution is 7.95. The van der Waals surface area contributed by atoms with Gasteiger partial charge in [-0.25, -0.2) is 5.26 Å². The molecule has 1 spiro atoms. The number of hydrogen-bond donors (Lipinski definition) is 4. The van der Waals surface area contributed by atoms with Crippen LogP contribution in [0.4, 0.5) is 0 Å². The summed E-state index contributed by atoms with van der Waals surface area (Å²) in [5.74, 6) is 0.201. The van der Waals surface area contributed by atoms with Crippen molar-refractivity contribution in [2.75, 3.05) is 97.6 Å². The number of nitrogens with one attached hydrogen (secondary N) is 1. The van der Waals surface area contributed by atoms with Crippen molar-refractivity contribution in [2.45, 2.75) is 134 Å². The fourth-order valence-corrected chi connectivity index (χ4v) is 9.01. The summed E-state index contributed by atoms with van der Waals surface area (Å²) in [4.78, 5) is 5.20. The summed E-state index contributed by atoms with van der Waals surface area (Å²) in [6.45, 7) is 14.5. The van der Waals surface area contributed by atoms with Crippen LogP contribution in [0.5, 0.6) is 0 Å². The van der Waals surface area contributed by atoms with Crippen molar-refractivity contribution >= 4 is 22.2 Å². The molecule has 0 aromatic rings. The standard InChI is InChI=1S/C18H36N2O4S.C15H32N2O.C3H6O3S/c21-17-9-7-5-3-1-2-4-6-8-11-19-12-15-20(16-13-19)14-10-18(20)25-24-23-22;18-15-9-7-5-3-1-2-4-6-8-12-17-13-10-16-11-14-17;4-7(5)3-1-2-6-7/h18,21H,1-17H2;16,18H,1-15H2;1-3H2/p+1. The fourth-order valence-electron chi connectivity index (χ4n) is 7.23. The average molecular weight is 756 g/mol. The Balaban J connectivity index is 0.000000300. The predicted octanol–water partition coefficient (Wildman–Crippen LogP) is 5.55. The molecule has 1 atom stereocenters. The van der Waals surface area contributed by atoms with Crippen molar-refractivity contribution in [2.24, 2.45) is 0 Å². The van der Waals surface area contributed by atoms with E-state index in [1.54, 1.807) is 0 Å². The van der Waals surface area contributed by atoms with E-state index in [1.807, 2.05) is 0 Å². The van der Waals surface area contributed by atoms with Crippen molar-refractivity contribution in [3.63, 3.8) is 0 Å². The van der Waals surface area contributed by atoms with Gasteiger partial charge >= 0.3 is 0 Å². The lowest BCUT2D eigenvalue weighted by atomic mass is 10.1. The summed E-state index contributed by atoms with van der Waals surface area (Å²) in [6, 6.07) is 0. The van der Waals surface area contributed by atoms with Crippen molar-refractivity contribution in [1.29, 1.82) is 0 Å². The topological polar surface area (TPSA) is 141 Å². The van der Waals surface area contributed by atoms with Gasteiger partial charge in [-0.2, -0.15) is 8.42 Å². The SMILES string of the molecule is O=S1(=O)CCCO1.OCCCCCCCCCCCN1CCNCC1.OCCCCCCCCCCCN1CC[N+]2(CCC2SOOO)CC1. The van der Waals surface area contributed by atoms with Crippen LogP contribution in [0.1, 0.15) is 128 Å². The molecule has 4 aliphatic rings. The molecule has 4 rings (SSSR count). The van der Waals surface area contributed by atoms with Crippen LogP contribution >= 0.6 is 12.0 Å². The Morgan fingerprint density at radius 1 is 0.680 bits per heavy atom. The van der Waals surface area contributed by atoms with E-state index in [9.17, 15) is 8.42 Å². The van der Waals surface area contributed by atoms with E-state index in [0.717, 1.165) is 23.7 Å². The maximum atomic E-state index is 10.2. The molecule has 4 N–H and O–H groups in total. The first-order valence-corrected chi connectivity index (χ1v) is 22.6. The van der Waals surface area contributed by atoms with Gasteiger partial charge < -0.3 is 24.9 Å². The number of piperazine rings is 2. The van der Waals surface area contributed by atoms with Crippen LogP contribution in [0.3, 0.4) is 0 Å². The van der Waals surface area contributed by atoms with Crippen LogP contribution in [-0.4, -0.2) is 141 Å². The molecule has 50 heavy (non-hydrogen) atoms. The molecule has 0 saturated carbocycles. The molecule has 0 radical (unpaired) electrons. The zero-order valence-electron chi connectivity index (χ0n) is 31.4. The maximum absolute atomic E-state index is 10.2. The average Bonchev–Trinajstić information content (AvgIpc) is 3.54. The summed E-state index contributed by atoms with van der Waals surface area (Å²) in [5.41, 5.74) is 0. The summed E-state index contributed by atoms with van der Waals surface area (Å²) in [6.07, 6.45) is 25.2. The molecule has 0 aromatic carbocycles. The second-order valence-corrected chi connectivity index (χ2v) is 17.2. The molecular weight excluding hydrogens is 681 g/mol. The normalized spacial score (nSPS) is 21.6. The highest BCUT2D eigenvalue weighted by Crippen LogP contribution is 2.38. The summed E-state index contributed by atoms with van der Waals surface area (Å²) >= 11 is 1.27. The quantitative estimate of drug-likeness (QED) is 0.0232. The Morgan fingerprint density at radius 2 is 1.14 bits per heavy atom. The Bertz CT molecular complexity index is 866. The number of quaternary nitrogens is 1. The number of unbranched alkanes of at least 4 members (excludes halogenated alkanes) is 16. The van der Waals surface area contributed by atoms with Crippen molar-refractivity contribution in [3.8, 4) is 0 Å². The molecule has 4 heterocycles. The van der Waals surface area contributed by atoms with E-state index in [4.69, 9.17) is 15.5 Å². The van der Waals surface area contributed by atoms with E-state index in [0.29, 0.717) is 31.6 Å². The first-order valence-electron chi connectivity index (χ1n) is 20.2. The van der Waals surface area contributed by atoms with Crippen molar-refractivity contribution in [1.82, 2.24) is 15.1 Å². The Kier molecular flexibility index (Phi) is 27.9. The van der Waals surface area contributed by atoms with Gasteiger partial charge in [-0.3, -0.25) is 9.08 Å².